The molecule has 1 aromatic rings. The predicted octanol–water partition coefficient (Wildman–Crippen LogP) is 2.59. The van der Waals surface area contributed by atoms with E-state index in [-0.39, 0.29) is 11.7 Å². The molecule has 1 aromatic carbocycles. The average molecular weight is 316 g/mol. The van der Waals surface area contributed by atoms with E-state index in [4.69, 9.17) is 9.84 Å². The van der Waals surface area contributed by atoms with Crippen molar-refractivity contribution in [1.82, 2.24) is 9.80 Å². The van der Waals surface area contributed by atoms with Gasteiger partial charge in [0.15, 0.2) is 0 Å². The van der Waals surface area contributed by atoms with Crippen molar-refractivity contribution in [2.75, 3.05) is 26.2 Å². The number of ether oxygens (including phenoxy) is 1. The van der Waals surface area contributed by atoms with Crippen LogP contribution >= 0.6 is 0 Å². The molecule has 2 aliphatic rings. The Hall–Kier alpha value is -1.85. The van der Waals surface area contributed by atoms with E-state index in [0.717, 1.165) is 32.5 Å². The molecule has 0 radical (unpaired) electrons. The number of nitrogens with zero attached hydrogens (tertiary/aromatic N) is 2. The maximum absolute atomic E-state index is 11.1. The molecular weight excluding hydrogens is 292 g/mol. The van der Waals surface area contributed by atoms with Crippen LogP contribution in [0.1, 0.15) is 18.4 Å². The van der Waals surface area contributed by atoms with Crippen LogP contribution in [0.2, 0.25) is 0 Å². The zero-order chi connectivity index (χ0) is 16.3. The highest BCUT2D eigenvalue weighted by molar-refractivity contribution is 5.65. The summed E-state index contributed by atoms with van der Waals surface area (Å²) in [5, 5.41) is 9.13. The monoisotopic (exact) mass is 316 g/mol. The molecule has 0 aliphatic carbocycles. The van der Waals surface area contributed by atoms with Crippen LogP contribution in [0.4, 0.5) is 4.79 Å². The van der Waals surface area contributed by atoms with Crippen LogP contribution < -0.4 is 0 Å². The summed E-state index contributed by atoms with van der Waals surface area (Å²) in [7, 11) is 0. The van der Waals surface area contributed by atoms with Gasteiger partial charge in [0, 0.05) is 32.7 Å². The second-order valence-electron chi connectivity index (χ2n) is 6.50. The van der Waals surface area contributed by atoms with Gasteiger partial charge in [0.05, 0.1) is 11.7 Å². The average Bonchev–Trinajstić information content (AvgIpc) is 2.55. The maximum Gasteiger partial charge on any atom is 0.407 e. The molecule has 1 atom stereocenters. The van der Waals surface area contributed by atoms with E-state index in [2.05, 4.69) is 35.7 Å². The molecular formula is C18H24N2O3. The molecule has 2 aliphatic heterocycles. The number of likely N-dealkylation sites (tertiary alicyclic amines) is 1. The van der Waals surface area contributed by atoms with Gasteiger partial charge in [-0.3, -0.25) is 4.90 Å². The molecule has 1 N–H and O–H groups in total. The third kappa shape index (κ3) is 3.74. The van der Waals surface area contributed by atoms with Crippen LogP contribution in [0.15, 0.2) is 43.0 Å². The van der Waals surface area contributed by atoms with Gasteiger partial charge >= 0.3 is 6.09 Å². The first kappa shape index (κ1) is 16.0. The summed E-state index contributed by atoms with van der Waals surface area (Å²) in [6.45, 7) is 7.54. The van der Waals surface area contributed by atoms with Gasteiger partial charge in [-0.15, -0.1) is 6.58 Å². The number of morpholine rings is 1. The van der Waals surface area contributed by atoms with Crippen LogP contribution in [0, 0.1) is 0 Å². The lowest BCUT2D eigenvalue weighted by atomic mass is 9.88. The Morgan fingerprint density at radius 3 is 2.65 bits per heavy atom. The SMILES string of the molecule is C=CC1CN(Cc2ccccc2)CC2(CCN(C(=O)O)CC2)O1. The van der Waals surface area contributed by atoms with E-state index in [0.29, 0.717) is 13.1 Å². The molecule has 0 aromatic heterocycles. The molecule has 1 amide bonds. The van der Waals surface area contributed by atoms with Crippen LogP contribution in [-0.2, 0) is 11.3 Å². The lowest BCUT2D eigenvalue weighted by Gasteiger charge is -2.49. The van der Waals surface area contributed by atoms with Crippen molar-refractivity contribution in [1.29, 1.82) is 0 Å². The molecule has 2 saturated heterocycles. The normalized spacial score (nSPS) is 24.5. The third-order valence-electron chi connectivity index (χ3n) is 4.81. The van der Waals surface area contributed by atoms with Crippen LogP contribution in [0.3, 0.4) is 0 Å². The van der Waals surface area contributed by atoms with E-state index in [1.54, 1.807) is 0 Å². The van der Waals surface area contributed by atoms with Gasteiger partial charge in [0.2, 0.25) is 0 Å². The number of hydrogen-bond acceptors (Lipinski definition) is 3. The van der Waals surface area contributed by atoms with Crippen LogP contribution in [0.5, 0.6) is 0 Å². The van der Waals surface area contributed by atoms with Crippen molar-refractivity contribution in [2.45, 2.75) is 31.1 Å². The Bertz CT molecular complexity index is 553. The summed E-state index contributed by atoms with van der Waals surface area (Å²) < 4.78 is 6.28. The van der Waals surface area contributed by atoms with E-state index < -0.39 is 6.09 Å². The number of hydrogen-bond donors (Lipinski definition) is 1. The fourth-order valence-electron chi connectivity index (χ4n) is 3.59. The summed E-state index contributed by atoms with van der Waals surface area (Å²) >= 11 is 0. The number of carbonyl (C=O) groups is 1. The number of amides is 1. The van der Waals surface area contributed by atoms with Crippen LogP contribution in [-0.4, -0.2) is 58.9 Å². The van der Waals surface area contributed by atoms with Gasteiger partial charge in [-0.05, 0) is 18.4 Å². The molecule has 0 bridgehead atoms. The zero-order valence-corrected chi connectivity index (χ0v) is 13.4. The Morgan fingerprint density at radius 1 is 1.35 bits per heavy atom. The molecule has 5 nitrogen and oxygen atoms in total. The summed E-state index contributed by atoms with van der Waals surface area (Å²) in [6, 6.07) is 10.4. The molecule has 5 heteroatoms. The smallest absolute Gasteiger partial charge is 0.407 e. The summed E-state index contributed by atoms with van der Waals surface area (Å²) in [5.41, 5.74) is 1.04. The first-order valence-electron chi connectivity index (χ1n) is 8.15. The molecule has 1 spiro atoms. The minimum Gasteiger partial charge on any atom is -0.465 e. The van der Waals surface area contributed by atoms with E-state index in [1.165, 1.54) is 10.5 Å². The summed E-state index contributed by atoms with van der Waals surface area (Å²) in [5.74, 6) is 0. The van der Waals surface area contributed by atoms with Crippen molar-refractivity contribution >= 4 is 6.09 Å². The highest BCUT2D eigenvalue weighted by Gasteiger charge is 2.43. The molecule has 1 unspecified atom stereocenters. The largest absolute Gasteiger partial charge is 0.465 e. The van der Waals surface area contributed by atoms with Gasteiger partial charge in [0.1, 0.15) is 0 Å². The Labute approximate surface area is 137 Å². The van der Waals surface area contributed by atoms with Gasteiger partial charge in [-0.2, -0.15) is 0 Å². The second-order valence-corrected chi connectivity index (χ2v) is 6.50. The van der Waals surface area contributed by atoms with E-state index >= 15 is 0 Å². The Kier molecular flexibility index (Phi) is 4.68. The highest BCUT2D eigenvalue weighted by atomic mass is 16.5. The molecule has 23 heavy (non-hydrogen) atoms. The number of piperidine rings is 1. The van der Waals surface area contributed by atoms with Gasteiger partial charge < -0.3 is 14.7 Å². The minimum atomic E-state index is -0.836. The highest BCUT2D eigenvalue weighted by Crippen LogP contribution is 2.33. The van der Waals surface area contributed by atoms with Crippen molar-refractivity contribution in [2.24, 2.45) is 0 Å². The molecule has 2 fully saturated rings. The summed E-state index contributed by atoms with van der Waals surface area (Å²) in [4.78, 5) is 15.0. The first-order chi connectivity index (χ1) is 11.1. The van der Waals surface area contributed by atoms with Crippen molar-refractivity contribution in [3.63, 3.8) is 0 Å². The third-order valence-corrected chi connectivity index (χ3v) is 4.81. The number of rotatable bonds is 3. The first-order valence-corrected chi connectivity index (χ1v) is 8.15. The van der Waals surface area contributed by atoms with Crippen molar-refractivity contribution < 1.29 is 14.6 Å². The van der Waals surface area contributed by atoms with Crippen LogP contribution in [0.25, 0.3) is 0 Å². The van der Waals surface area contributed by atoms with Gasteiger partial charge in [0.25, 0.3) is 0 Å². The van der Waals surface area contributed by atoms with E-state index in [9.17, 15) is 4.79 Å². The fourth-order valence-corrected chi connectivity index (χ4v) is 3.59. The molecule has 0 saturated carbocycles. The van der Waals surface area contributed by atoms with E-state index in [1.807, 2.05) is 12.1 Å². The number of carboxylic acid groups (broad SMARTS) is 1. The second kappa shape index (κ2) is 6.72. The Morgan fingerprint density at radius 2 is 2.04 bits per heavy atom. The topological polar surface area (TPSA) is 53.0 Å². The van der Waals surface area contributed by atoms with Gasteiger partial charge in [-0.1, -0.05) is 36.4 Å². The lowest BCUT2D eigenvalue weighted by molar-refractivity contribution is -0.160. The van der Waals surface area contributed by atoms with Gasteiger partial charge in [-0.25, -0.2) is 4.79 Å². The molecule has 2 heterocycles. The standard InChI is InChI=1S/C18H24N2O3/c1-2-16-13-19(12-15-6-4-3-5-7-15)14-18(23-16)8-10-20(11-9-18)17(21)22/h2-7,16H,1,8-14H2,(H,21,22). The predicted molar refractivity (Wildman–Crippen MR) is 88.4 cm³/mol. The fraction of sp³-hybridized carbons (Fsp3) is 0.500. The quantitative estimate of drug-likeness (QED) is 0.871. The minimum absolute atomic E-state index is 0.00356. The maximum atomic E-state index is 11.1. The van der Waals surface area contributed by atoms with Crippen molar-refractivity contribution in [3.05, 3.63) is 48.6 Å². The zero-order valence-electron chi connectivity index (χ0n) is 13.4. The van der Waals surface area contributed by atoms with Crippen molar-refractivity contribution in [3.8, 4) is 0 Å². The lowest BCUT2D eigenvalue weighted by Crippen LogP contribution is -2.59. The Balaban J connectivity index is 1.69. The molecule has 3 rings (SSSR count). The summed E-state index contributed by atoms with van der Waals surface area (Å²) in [6.07, 6.45) is 2.52. The molecule has 124 valence electrons. The number of benzene rings is 1.